The van der Waals surface area contributed by atoms with E-state index in [1.165, 1.54) is 0 Å². The van der Waals surface area contributed by atoms with E-state index in [2.05, 4.69) is 0 Å². The van der Waals surface area contributed by atoms with Gasteiger partial charge in [0.15, 0.2) is 9.84 Å². The largest absolute Gasteiger partial charge is 0.395 e. The zero-order valence-corrected chi connectivity index (χ0v) is 10.8. The summed E-state index contributed by atoms with van der Waals surface area (Å²) >= 11 is 0. The van der Waals surface area contributed by atoms with Gasteiger partial charge < -0.3 is 5.11 Å². The fourth-order valence-corrected chi connectivity index (χ4v) is 6.32. The molecule has 1 unspecified atom stereocenters. The van der Waals surface area contributed by atoms with Crippen LogP contribution in [0.1, 0.15) is 13.3 Å². The highest BCUT2D eigenvalue weighted by Gasteiger charge is 2.39. The van der Waals surface area contributed by atoms with Crippen LogP contribution < -0.4 is 0 Å². The lowest BCUT2D eigenvalue weighted by Gasteiger charge is -2.22. The molecule has 0 radical (unpaired) electrons. The summed E-state index contributed by atoms with van der Waals surface area (Å²) in [6.07, 6.45) is 0.159. The fourth-order valence-electron chi connectivity index (χ4n) is 1.78. The van der Waals surface area contributed by atoms with Crippen LogP contribution in [0.3, 0.4) is 0 Å². The molecule has 1 aliphatic rings. The van der Waals surface area contributed by atoms with Crippen molar-refractivity contribution in [1.82, 2.24) is 4.31 Å². The van der Waals surface area contributed by atoms with Crippen LogP contribution in [0.25, 0.3) is 0 Å². The van der Waals surface area contributed by atoms with E-state index in [1.807, 2.05) is 0 Å². The molecule has 1 aliphatic heterocycles. The second kappa shape index (κ2) is 4.99. The van der Waals surface area contributed by atoms with Crippen LogP contribution in [-0.4, -0.2) is 62.7 Å². The summed E-state index contributed by atoms with van der Waals surface area (Å²) < 4.78 is 47.6. The Morgan fingerprint density at radius 1 is 1.44 bits per heavy atom. The number of hydrogen-bond acceptors (Lipinski definition) is 5. The van der Waals surface area contributed by atoms with Gasteiger partial charge in [0, 0.05) is 13.1 Å². The summed E-state index contributed by atoms with van der Waals surface area (Å²) in [6.45, 7) is 1.68. The van der Waals surface area contributed by atoms with Gasteiger partial charge in [0.25, 0.3) is 0 Å². The zero-order chi connectivity index (χ0) is 12.4. The molecule has 0 spiro atoms. The molecule has 0 amide bonds. The van der Waals surface area contributed by atoms with Crippen molar-refractivity contribution in [3.05, 3.63) is 0 Å². The van der Waals surface area contributed by atoms with Crippen molar-refractivity contribution in [2.24, 2.45) is 0 Å². The minimum absolute atomic E-state index is 0.0232. The van der Waals surface area contributed by atoms with E-state index in [9.17, 15) is 16.8 Å². The van der Waals surface area contributed by atoms with Crippen LogP contribution >= 0.6 is 0 Å². The van der Waals surface area contributed by atoms with Crippen LogP contribution in [0.2, 0.25) is 0 Å². The molecule has 8 heteroatoms. The van der Waals surface area contributed by atoms with E-state index >= 15 is 0 Å². The van der Waals surface area contributed by atoms with Gasteiger partial charge in [-0.15, -0.1) is 0 Å². The molecule has 6 nitrogen and oxygen atoms in total. The number of aliphatic hydroxyl groups is 1. The molecule has 0 saturated carbocycles. The van der Waals surface area contributed by atoms with E-state index in [0.717, 1.165) is 4.31 Å². The normalized spacial score (nSPS) is 25.1. The summed E-state index contributed by atoms with van der Waals surface area (Å²) in [5.41, 5.74) is 0. The maximum absolute atomic E-state index is 12.0. The monoisotopic (exact) mass is 271 g/mol. The van der Waals surface area contributed by atoms with Crippen LogP contribution in [0, 0.1) is 0 Å². The Balaban J connectivity index is 2.86. The van der Waals surface area contributed by atoms with Gasteiger partial charge >= 0.3 is 0 Å². The van der Waals surface area contributed by atoms with Crippen molar-refractivity contribution >= 4 is 19.9 Å². The zero-order valence-electron chi connectivity index (χ0n) is 9.16. The van der Waals surface area contributed by atoms with Gasteiger partial charge in [0.05, 0.1) is 23.4 Å². The molecular weight excluding hydrogens is 254 g/mol. The molecule has 96 valence electrons. The average molecular weight is 271 g/mol. The van der Waals surface area contributed by atoms with Crippen LogP contribution in [0.4, 0.5) is 0 Å². The number of hydrogen-bond donors (Lipinski definition) is 1. The summed E-state index contributed by atoms with van der Waals surface area (Å²) in [7, 11) is -6.79. The van der Waals surface area contributed by atoms with E-state index in [1.54, 1.807) is 6.92 Å². The molecule has 0 bridgehead atoms. The van der Waals surface area contributed by atoms with E-state index in [4.69, 9.17) is 5.11 Å². The average Bonchev–Trinajstić information content (AvgIpc) is 2.55. The lowest BCUT2D eigenvalue weighted by atomic mass is 10.4. The lowest BCUT2D eigenvalue weighted by Crippen LogP contribution is -2.40. The fraction of sp³-hybridized carbons (Fsp3) is 1.00. The molecule has 0 aromatic heterocycles. The molecule has 1 atom stereocenters. The number of sulfonamides is 1. The summed E-state index contributed by atoms with van der Waals surface area (Å²) in [4.78, 5) is 0. The summed E-state index contributed by atoms with van der Waals surface area (Å²) in [5.74, 6) is -0.356. The second-order valence-electron chi connectivity index (χ2n) is 3.79. The number of aliphatic hydroxyl groups excluding tert-OH is 1. The van der Waals surface area contributed by atoms with Gasteiger partial charge in [-0.05, 0) is 6.42 Å². The van der Waals surface area contributed by atoms with Crippen molar-refractivity contribution in [1.29, 1.82) is 0 Å². The van der Waals surface area contributed by atoms with Crippen LogP contribution in [0.5, 0.6) is 0 Å². The number of sulfone groups is 1. The van der Waals surface area contributed by atoms with Gasteiger partial charge in [0.2, 0.25) is 10.0 Å². The molecular formula is C8H17NO5S2. The molecule has 0 aromatic rings. The third-order valence-corrected chi connectivity index (χ3v) is 7.06. The van der Waals surface area contributed by atoms with Crippen molar-refractivity contribution in [3.8, 4) is 0 Å². The van der Waals surface area contributed by atoms with Crippen molar-refractivity contribution < 1.29 is 21.9 Å². The van der Waals surface area contributed by atoms with Gasteiger partial charge in [-0.25, -0.2) is 16.8 Å². The van der Waals surface area contributed by atoms with Crippen molar-refractivity contribution in [3.63, 3.8) is 0 Å². The second-order valence-corrected chi connectivity index (χ2v) is 8.23. The molecule has 0 aliphatic carbocycles. The van der Waals surface area contributed by atoms with Gasteiger partial charge in [-0.3, -0.25) is 0 Å². The highest BCUT2D eigenvalue weighted by atomic mass is 32.2. The van der Waals surface area contributed by atoms with Crippen molar-refractivity contribution in [2.45, 2.75) is 18.6 Å². The predicted octanol–water partition coefficient (Wildman–Crippen LogP) is -1.18. The van der Waals surface area contributed by atoms with Crippen molar-refractivity contribution in [2.75, 3.05) is 31.2 Å². The minimum Gasteiger partial charge on any atom is -0.395 e. The first-order chi connectivity index (χ1) is 7.33. The minimum atomic E-state index is -3.59. The lowest BCUT2D eigenvalue weighted by molar-refractivity contribution is 0.256. The number of nitrogens with zero attached hydrogens (tertiary/aromatic N) is 1. The Kier molecular flexibility index (Phi) is 4.33. The Bertz CT molecular complexity index is 427. The van der Waals surface area contributed by atoms with Gasteiger partial charge in [-0.1, -0.05) is 6.92 Å². The van der Waals surface area contributed by atoms with E-state index in [-0.39, 0.29) is 37.6 Å². The van der Waals surface area contributed by atoms with Gasteiger partial charge in [0.1, 0.15) is 0 Å². The molecule has 1 heterocycles. The third-order valence-electron chi connectivity index (χ3n) is 2.67. The summed E-state index contributed by atoms with van der Waals surface area (Å²) in [5, 5.41) is 7.91. The Hall–Kier alpha value is -0.180. The van der Waals surface area contributed by atoms with Gasteiger partial charge in [-0.2, -0.15) is 4.31 Å². The quantitative estimate of drug-likeness (QED) is 0.679. The topological polar surface area (TPSA) is 91.8 Å². The maximum atomic E-state index is 12.0. The maximum Gasteiger partial charge on any atom is 0.218 e. The third kappa shape index (κ3) is 2.93. The molecule has 0 aromatic carbocycles. The van der Waals surface area contributed by atoms with E-state index in [0.29, 0.717) is 0 Å². The molecule has 1 saturated heterocycles. The first-order valence-corrected chi connectivity index (χ1v) is 8.46. The first kappa shape index (κ1) is 13.9. The predicted molar refractivity (Wildman–Crippen MR) is 60.3 cm³/mol. The number of likely N-dealkylation sites (N-methyl/N-ethyl adjacent to an activating group) is 1. The van der Waals surface area contributed by atoms with Crippen LogP contribution in [-0.2, 0) is 19.9 Å². The summed E-state index contributed by atoms with van der Waals surface area (Å²) in [6, 6.07) is 0. The van der Waals surface area contributed by atoms with Crippen LogP contribution in [0.15, 0.2) is 0 Å². The van der Waals surface area contributed by atoms with E-state index < -0.39 is 25.1 Å². The molecule has 16 heavy (non-hydrogen) atoms. The molecule has 1 fully saturated rings. The number of rotatable bonds is 5. The SMILES string of the molecule is CCN(CCO)S(=O)(=O)C1CCS(=O)(=O)C1. The highest BCUT2D eigenvalue weighted by Crippen LogP contribution is 2.21. The Morgan fingerprint density at radius 3 is 2.44 bits per heavy atom. The highest BCUT2D eigenvalue weighted by molar-refractivity contribution is 7.95. The smallest absolute Gasteiger partial charge is 0.218 e. The molecule has 1 rings (SSSR count). The standard InChI is InChI=1S/C8H17NO5S2/c1-2-9(4-5-10)16(13,14)8-3-6-15(11,12)7-8/h8,10H,2-7H2,1H3. The Morgan fingerprint density at radius 2 is 2.06 bits per heavy atom. The Labute approximate surface area is 96.2 Å². The molecule has 1 N–H and O–H groups in total. The first-order valence-electron chi connectivity index (χ1n) is 5.13.